The number of Topliss-reactive ketones (excluding diaryl/α,β-unsaturated/α-hetero) is 1. The average Bonchev–Trinajstić information content (AvgIpc) is 2.98. The summed E-state index contributed by atoms with van der Waals surface area (Å²) >= 11 is 0. The zero-order chi connectivity index (χ0) is 19.6. The first-order valence-corrected chi connectivity index (χ1v) is 9.31. The van der Waals surface area contributed by atoms with Gasteiger partial charge in [-0.2, -0.15) is 0 Å². The number of ketones is 1. The lowest BCUT2D eigenvalue weighted by Crippen LogP contribution is -2.42. The Kier molecular flexibility index (Phi) is 5.46. The highest BCUT2D eigenvalue weighted by Gasteiger charge is 2.38. The first-order valence-electron chi connectivity index (χ1n) is 9.31. The van der Waals surface area contributed by atoms with E-state index in [-0.39, 0.29) is 12.2 Å². The molecule has 2 heterocycles. The molecule has 0 aliphatic carbocycles. The van der Waals surface area contributed by atoms with E-state index in [0.717, 1.165) is 5.39 Å². The number of aromatic nitrogens is 1. The number of hydrogen-bond donors (Lipinski definition) is 1. The molecule has 3 rings (SSSR count). The summed E-state index contributed by atoms with van der Waals surface area (Å²) in [6.45, 7) is 5.86. The van der Waals surface area contributed by atoms with Crippen LogP contribution in [-0.2, 0) is 4.74 Å². The third kappa shape index (κ3) is 4.45. The Morgan fingerprint density at radius 2 is 2.00 bits per heavy atom. The highest BCUT2D eigenvalue weighted by molar-refractivity contribution is 6.06. The van der Waals surface area contributed by atoms with Crippen molar-refractivity contribution < 1.29 is 19.4 Å². The van der Waals surface area contributed by atoms with Gasteiger partial charge in [-0.15, -0.1) is 0 Å². The average molecular weight is 370 g/mol. The maximum Gasteiger partial charge on any atom is 0.410 e. The minimum absolute atomic E-state index is 0.0393. The molecule has 1 aromatic heterocycles. The molecule has 1 aromatic carbocycles. The van der Waals surface area contributed by atoms with E-state index in [9.17, 15) is 14.7 Å². The highest BCUT2D eigenvalue weighted by atomic mass is 16.6. The molecule has 6 heteroatoms. The van der Waals surface area contributed by atoms with E-state index in [1.165, 1.54) is 0 Å². The molecule has 2 aromatic rings. The fourth-order valence-corrected chi connectivity index (χ4v) is 3.48. The second-order valence-electron chi connectivity index (χ2n) is 7.94. The maximum absolute atomic E-state index is 12.8. The Bertz CT molecular complexity index is 838. The Labute approximate surface area is 159 Å². The molecule has 1 amide bonds. The number of hydrogen-bond acceptors (Lipinski definition) is 5. The van der Waals surface area contributed by atoms with Crippen molar-refractivity contribution in [2.75, 3.05) is 6.54 Å². The molecule has 0 unspecified atom stereocenters. The van der Waals surface area contributed by atoms with Gasteiger partial charge in [0.25, 0.3) is 0 Å². The van der Waals surface area contributed by atoms with Gasteiger partial charge in [0.05, 0.1) is 17.7 Å². The third-order valence-electron chi connectivity index (χ3n) is 4.74. The van der Waals surface area contributed by atoms with Gasteiger partial charge in [-0.25, -0.2) is 4.79 Å². The van der Waals surface area contributed by atoms with Crippen LogP contribution in [0.1, 0.15) is 50.4 Å². The molecule has 1 saturated heterocycles. The molecule has 1 aliphatic heterocycles. The van der Waals surface area contributed by atoms with Crippen LogP contribution in [0.25, 0.3) is 10.9 Å². The molecule has 2 atom stereocenters. The second-order valence-corrected chi connectivity index (χ2v) is 7.94. The first kappa shape index (κ1) is 19.3. The number of nitrogens with zero attached hydrogens (tertiary/aromatic N) is 2. The Morgan fingerprint density at radius 1 is 1.26 bits per heavy atom. The summed E-state index contributed by atoms with van der Waals surface area (Å²) in [7, 11) is 0. The van der Waals surface area contributed by atoms with Gasteiger partial charge in [-0.05, 0) is 45.7 Å². The normalized spacial score (nSPS) is 20.1. The number of aliphatic hydroxyl groups excluding tert-OH is 1. The zero-order valence-corrected chi connectivity index (χ0v) is 16.0. The highest BCUT2D eigenvalue weighted by Crippen LogP contribution is 2.26. The fourth-order valence-electron chi connectivity index (χ4n) is 3.48. The van der Waals surface area contributed by atoms with Crippen molar-refractivity contribution in [1.29, 1.82) is 0 Å². The van der Waals surface area contributed by atoms with Crippen LogP contribution in [0, 0.1) is 0 Å². The van der Waals surface area contributed by atoms with Gasteiger partial charge in [0.1, 0.15) is 5.60 Å². The lowest BCUT2D eigenvalue weighted by Gasteiger charge is -2.29. The van der Waals surface area contributed by atoms with Crippen LogP contribution in [0.5, 0.6) is 0 Å². The number of rotatable bonds is 4. The van der Waals surface area contributed by atoms with Crippen LogP contribution < -0.4 is 0 Å². The number of pyridine rings is 1. The Balaban J connectivity index is 1.70. The van der Waals surface area contributed by atoms with Crippen molar-refractivity contribution in [3.63, 3.8) is 0 Å². The van der Waals surface area contributed by atoms with Crippen molar-refractivity contribution in [2.45, 2.75) is 57.8 Å². The van der Waals surface area contributed by atoms with Gasteiger partial charge >= 0.3 is 6.09 Å². The molecule has 0 spiro atoms. The van der Waals surface area contributed by atoms with E-state index >= 15 is 0 Å². The van der Waals surface area contributed by atoms with Crippen LogP contribution in [-0.4, -0.2) is 51.2 Å². The van der Waals surface area contributed by atoms with E-state index in [1.807, 2.05) is 45.0 Å². The minimum atomic E-state index is -0.643. The van der Waals surface area contributed by atoms with E-state index in [0.29, 0.717) is 30.5 Å². The third-order valence-corrected chi connectivity index (χ3v) is 4.74. The lowest BCUT2D eigenvalue weighted by atomic mass is 9.99. The Hall–Kier alpha value is -2.47. The van der Waals surface area contributed by atoms with Gasteiger partial charge in [-0.1, -0.05) is 18.2 Å². The monoisotopic (exact) mass is 370 g/mol. The van der Waals surface area contributed by atoms with Gasteiger partial charge in [0, 0.05) is 30.1 Å². The number of carbonyl (C=O) groups excluding carboxylic acids is 2. The molecule has 6 nitrogen and oxygen atoms in total. The number of amides is 1. The number of likely N-dealkylation sites (tertiary alicyclic amines) is 1. The van der Waals surface area contributed by atoms with Crippen LogP contribution in [0.2, 0.25) is 0 Å². The largest absolute Gasteiger partial charge is 0.444 e. The van der Waals surface area contributed by atoms with E-state index in [4.69, 9.17) is 4.74 Å². The Morgan fingerprint density at radius 3 is 2.74 bits per heavy atom. The fraction of sp³-hybridized carbons (Fsp3) is 0.476. The quantitative estimate of drug-likeness (QED) is 0.833. The van der Waals surface area contributed by atoms with Crippen LogP contribution in [0.15, 0.2) is 36.5 Å². The van der Waals surface area contributed by atoms with Crippen LogP contribution in [0.4, 0.5) is 4.79 Å². The van der Waals surface area contributed by atoms with E-state index in [1.54, 1.807) is 17.2 Å². The summed E-state index contributed by atoms with van der Waals surface area (Å²) in [6, 6.07) is 8.88. The van der Waals surface area contributed by atoms with Gasteiger partial charge < -0.3 is 14.7 Å². The molecule has 27 heavy (non-hydrogen) atoms. The SMILES string of the molecule is CC(C)(C)OC(=O)N1CC[C@H](O)[C@H]1CCC(=O)c1cccc2cccnc12. The summed E-state index contributed by atoms with van der Waals surface area (Å²) in [6.07, 6.45) is 1.70. The number of fused-ring (bicyclic) bond motifs is 1. The van der Waals surface area contributed by atoms with Crippen molar-refractivity contribution in [1.82, 2.24) is 9.88 Å². The topological polar surface area (TPSA) is 79.7 Å². The number of benzene rings is 1. The van der Waals surface area contributed by atoms with E-state index in [2.05, 4.69) is 4.98 Å². The predicted octanol–water partition coefficient (Wildman–Crippen LogP) is 3.57. The van der Waals surface area contributed by atoms with Gasteiger partial charge in [0.15, 0.2) is 5.78 Å². The van der Waals surface area contributed by atoms with Crippen LogP contribution >= 0.6 is 0 Å². The molecule has 1 aliphatic rings. The molecule has 0 radical (unpaired) electrons. The summed E-state index contributed by atoms with van der Waals surface area (Å²) in [5.74, 6) is -0.0393. The summed E-state index contributed by atoms with van der Waals surface area (Å²) in [4.78, 5) is 31.0. The van der Waals surface area contributed by atoms with Crippen molar-refractivity contribution in [2.24, 2.45) is 0 Å². The molecule has 1 fully saturated rings. The minimum Gasteiger partial charge on any atom is -0.444 e. The number of ether oxygens (including phenoxy) is 1. The smallest absolute Gasteiger partial charge is 0.410 e. The maximum atomic E-state index is 12.8. The number of para-hydroxylation sites is 1. The predicted molar refractivity (Wildman–Crippen MR) is 103 cm³/mol. The molecule has 144 valence electrons. The standard InChI is InChI=1S/C21H26N2O4/c1-21(2,3)27-20(26)23-13-11-18(25)16(23)9-10-17(24)15-8-4-6-14-7-5-12-22-19(14)15/h4-8,12,16,18,25H,9-11,13H2,1-3H3/t16-,18+/m1/s1. The lowest BCUT2D eigenvalue weighted by molar-refractivity contribution is 0.0142. The van der Waals surface area contributed by atoms with Crippen LogP contribution in [0.3, 0.4) is 0 Å². The molecular weight excluding hydrogens is 344 g/mol. The summed E-state index contributed by atoms with van der Waals surface area (Å²) < 4.78 is 5.43. The van der Waals surface area contributed by atoms with Gasteiger partial charge in [0.2, 0.25) is 0 Å². The van der Waals surface area contributed by atoms with Crippen molar-refractivity contribution in [3.05, 3.63) is 42.1 Å². The van der Waals surface area contributed by atoms with Gasteiger partial charge in [-0.3, -0.25) is 9.78 Å². The summed E-state index contributed by atoms with van der Waals surface area (Å²) in [5, 5.41) is 11.2. The molecule has 0 bridgehead atoms. The van der Waals surface area contributed by atoms with Crippen molar-refractivity contribution >= 4 is 22.8 Å². The first-order chi connectivity index (χ1) is 12.8. The van der Waals surface area contributed by atoms with E-state index < -0.39 is 23.8 Å². The number of carbonyl (C=O) groups is 2. The number of aliphatic hydroxyl groups is 1. The molecule has 0 saturated carbocycles. The summed E-state index contributed by atoms with van der Waals surface area (Å²) in [5.41, 5.74) is 0.657. The molecule has 1 N–H and O–H groups in total. The zero-order valence-electron chi connectivity index (χ0n) is 16.0. The molecular formula is C21H26N2O4. The van der Waals surface area contributed by atoms with Crippen molar-refractivity contribution in [3.8, 4) is 0 Å². The second kappa shape index (κ2) is 7.64.